The quantitative estimate of drug-likeness (QED) is 0.568. The van der Waals surface area contributed by atoms with Gasteiger partial charge in [0.1, 0.15) is 12.0 Å². The summed E-state index contributed by atoms with van der Waals surface area (Å²) in [5.74, 6) is 0.678. The molecule has 0 bridgehead atoms. The van der Waals surface area contributed by atoms with Crippen molar-refractivity contribution in [1.82, 2.24) is 4.98 Å². The number of hydrogen-bond acceptors (Lipinski definition) is 5. The summed E-state index contributed by atoms with van der Waals surface area (Å²) in [5.41, 5.74) is -0.0153. The van der Waals surface area contributed by atoms with Crippen molar-refractivity contribution in [3.8, 4) is 0 Å². The number of rotatable bonds is 2. The second-order valence-corrected chi connectivity index (χ2v) is 3.52. The third-order valence-electron chi connectivity index (χ3n) is 2.43. The molecule has 80 valence electrons. The van der Waals surface area contributed by atoms with Gasteiger partial charge in [-0.2, -0.15) is 0 Å². The van der Waals surface area contributed by atoms with Gasteiger partial charge in [0.2, 0.25) is 0 Å². The van der Waals surface area contributed by atoms with Crippen LogP contribution in [0.2, 0.25) is 0 Å². The smallest absolute Gasteiger partial charge is 0.287 e. The van der Waals surface area contributed by atoms with E-state index in [9.17, 15) is 15.2 Å². The summed E-state index contributed by atoms with van der Waals surface area (Å²) >= 11 is 0. The maximum Gasteiger partial charge on any atom is 0.287 e. The Morgan fingerprint density at radius 2 is 2.40 bits per heavy atom. The molecule has 1 aliphatic rings. The molecular formula is C9H11N3O3. The van der Waals surface area contributed by atoms with Gasteiger partial charge in [-0.3, -0.25) is 10.1 Å². The topological polar surface area (TPSA) is 79.5 Å². The minimum Gasteiger partial charge on any atom is -0.391 e. The standard InChI is InChI=1S/C9H11N3O3/c13-8-3-4-11(6-8)9-2-1-7(5-10-9)12(14)15/h1-2,5,8,13H,3-4,6H2. The molecule has 6 heteroatoms. The van der Waals surface area contributed by atoms with Crippen molar-refractivity contribution in [2.24, 2.45) is 0 Å². The number of nitro groups is 1. The van der Waals surface area contributed by atoms with Crippen LogP contribution in [0.3, 0.4) is 0 Å². The van der Waals surface area contributed by atoms with Gasteiger partial charge in [-0.1, -0.05) is 0 Å². The fourth-order valence-electron chi connectivity index (χ4n) is 1.62. The predicted octanol–water partition coefficient (Wildman–Crippen LogP) is 0.561. The van der Waals surface area contributed by atoms with Crippen LogP contribution >= 0.6 is 0 Å². The second kappa shape index (κ2) is 3.82. The van der Waals surface area contributed by atoms with Crippen LogP contribution in [0.1, 0.15) is 6.42 Å². The number of anilines is 1. The first-order chi connectivity index (χ1) is 7.16. The third-order valence-corrected chi connectivity index (χ3v) is 2.43. The lowest BCUT2D eigenvalue weighted by atomic mass is 10.3. The van der Waals surface area contributed by atoms with Gasteiger partial charge < -0.3 is 10.0 Å². The highest BCUT2D eigenvalue weighted by Gasteiger charge is 2.21. The van der Waals surface area contributed by atoms with Crippen molar-refractivity contribution >= 4 is 11.5 Å². The van der Waals surface area contributed by atoms with Crippen molar-refractivity contribution in [2.45, 2.75) is 12.5 Å². The van der Waals surface area contributed by atoms with Crippen molar-refractivity contribution in [2.75, 3.05) is 18.0 Å². The maximum absolute atomic E-state index is 10.4. The first-order valence-electron chi connectivity index (χ1n) is 4.70. The van der Waals surface area contributed by atoms with Crippen LogP contribution in [0.25, 0.3) is 0 Å². The molecule has 0 radical (unpaired) electrons. The second-order valence-electron chi connectivity index (χ2n) is 3.52. The molecule has 1 fully saturated rings. The summed E-state index contributed by atoms with van der Waals surface area (Å²) in [6.45, 7) is 1.29. The molecule has 2 heterocycles. The van der Waals surface area contributed by atoms with E-state index in [0.717, 1.165) is 13.0 Å². The van der Waals surface area contributed by atoms with E-state index >= 15 is 0 Å². The highest BCUT2D eigenvalue weighted by atomic mass is 16.6. The summed E-state index contributed by atoms with van der Waals surface area (Å²) < 4.78 is 0. The molecule has 6 nitrogen and oxygen atoms in total. The number of β-amino-alcohol motifs (C(OH)–C–C–N with tert-alkyl or cyclic N) is 1. The summed E-state index contributed by atoms with van der Waals surface area (Å²) in [5, 5.41) is 19.7. The number of aliphatic hydroxyl groups is 1. The minimum absolute atomic E-state index is 0.0153. The molecule has 0 spiro atoms. The summed E-state index contributed by atoms with van der Waals surface area (Å²) in [4.78, 5) is 15.8. The van der Waals surface area contributed by atoms with Gasteiger partial charge in [-0.15, -0.1) is 0 Å². The van der Waals surface area contributed by atoms with E-state index in [4.69, 9.17) is 0 Å². The number of pyridine rings is 1. The van der Waals surface area contributed by atoms with Gasteiger partial charge >= 0.3 is 0 Å². The molecule has 1 aromatic heterocycles. The van der Waals surface area contributed by atoms with Crippen molar-refractivity contribution in [3.05, 3.63) is 28.4 Å². The Balaban J connectivity index is 2.13. The largest absolute Gasteiger partial charge is 0.391 e. The molecule has 1 N–H and O–H groups in total. The number of nitrogens with zero attached hydrogens (tertiary/aromatic N) is 3. The molecule has 0 amide bonds. The SMILES string of the molecule is O=[N+]([O-])c1ccc(N2CCC(O)C2)nc1. The van der Waals surface area contributed by atoms with Crippen LogP contribution in [-0.2, 0) is 0 Å². The number of aliphatic hydroxyl groups excluding tert-OH is 1. The Labute approximate surface area is 86.3 Å². The van der Waals surface area contributed by atoms with Gasteiger partial charge in [0.05, 0.1) is 11.0 Å². The molecule has 15 heavy (non-hydrogen) atoms. The first kappa shape index (κ1) is 9.85. The van der Waals surface area contributed by atoms with E-state index in [-0.39, 0.29) is 11.8 Å². The van der Waals surface area contributed by atoms with Gasteiger partial charge in [-0.05, 0) is 12.5 Å². The molecule has 1 aromatic rings. The normalized spacial score (nSPS) is 20.6. The van der Waals surface area contributed by atoms with E-state index in [0.29, 0.717) is 12.4 Å². The van der Waals surface area contributed by atoms with Crippen LogP contribution < -0.4 is 4.90 Å². The number of aromatic nitrogens is 1. The Kier molecular flexibility index (Phi) is 2.51. The molecule has 1 saturated heterocycles. The molecule has 1 atom stereocenters. The molecule has 0 aliphatic carbocycles. The molecule has 1 aliphatic heterocycles. The predicted molar refractivity (Wildman–Crippen MR) is 53.7 cm³/mol. The molecular weight excluding hydrogens is 198 g/mol. The van der Waals surface area contributed by atoms with Crippen LogP contribution in [-0.4, -0.2) is 34.2 Å². The third kappa shape index (κ3) is 2.04. The molecule has 0 saturated carbocycles. The fraction of sp³-hybridized carbons (Fsp3) is 0.444. The van der Waals surface area contributed by atoms with Gasteiger partial charge in [0.15, 0.2) is 0 Å². The van der Waals surface area contributed by atoms with E-state index in [1.54, 1.807) is 6.07 Å². The van der Waals surface area contributed by atoms with Gasteiger partial charge in [0.25, 0.3) is 5.69 Å². The van der Waals surface area contributed by atoms with E-state index in [1.165, 1.54) is 12.3 Å². The van der Waals surface area contributed by atoms with Crippen LogP contribution in [0, 0.1) is 10.1 Å². The Hall–Kier alpha value is -1.69. The highest BCUT2D eigenvalue weighted by Crippen LogP contribution is 2.19. The summed E-state index contributed by atoms with van der Waals surface area (Å²) in [6, 6.07) is 3.03. The summed E-state index contributed by atoms with van der Waals surface area (Å²) in [7, 11) is 0. The fourth-order valence-corrected chi connectivity index (χ4v) is 1.62. The summed E-state index contributed by atoms with van der Waals surface area (Å²) in [6.07, 6.45) is 1.64. The van der Waals surface area contributed by atoms with Crippen molar-refractivity contribution in [3.63, 3.8) is 0 Å². The highest BCUT2D eigenvalue weighted by molar-refractivity contribution is 5.43. The zero-order valence-electron chi connectivity index (χ0n) is 8.04. The monoisotopic (exact) mass is 209 g/mol. The Morgan fingerprint density at radius 3 is 2.87 bits per heavy atom. The Bertz CT molecular complexity index is 365. The van der Waals surface area contributed by atoms with Crippen LogP contribution in [0.4, 0.5) is 11.5 Å². The van der Waals surface area contributed by atoms with Crippen LogP contribution in [0.15, 0.2) is 18.3 Å². The van der Waals surface area contributed by atoms with Crippen molar-refractivity contribution < 1.29 is 10.0 Å². The maximum atomic E-state index is 10.4. The molecule has 0 aromatic carbocycles. The van der Waals surface area contributed by atoms with E-state index in [2.05, 4.69) is 4.98 Å². The van der Waals surface area contributed by atoms with Crippen molar-refractivity contribution in [1.29, 1.82) is 0 Å². The zero-order valence-corrected chi connectivity index (χ0v) is 8.04. The average molecular weight is 209 g/mol. The lowest BCUT2D eigenvalue weighted by Gasteiger charge is -2.15. The zero-order chi connectivity index (χ0) is 10.8. The lowest BCUT2D eigenvalue weighted by molar-refractivity contribution is -0.385. The van der Waals surface area contributed by atoms with Gasteiger partial charge in [0, 0.05) is 19.2 Å². The average Bonchev–Trinajstić information content (AvgIpc) is 2.65. The molecule has 2 rings (SSSR count). The Morgan fingerprint density at radius 1 is 1.60 bits per heavy atom. The number of hydrogen-bond donors (Lipinski definition) is 1. The van der Waals surface area contributed by atoms with Crippen LogP contribution in [0.5, 0.6) is 0 Å². The minimum atomic E-state index is -0.477. The van der Waals surface area contributed by atoms with E-state index in [1.807, 2.05) is 4.90 Å². The van der Waals surface area contributed by atoms with E-state index < -0.39 is 4.92 Å². The first-order valence-corrected chi connectivity index (χ1v) is 4.70. The lowest BCUT2D eigenvalue weighted by Crippen LogP contribution is -2.21. The van der Waals surface area contributed by atoms with Gasteiger partial charge in [-0.25, -0.2) is 4.98 Å². The molecule has 1 unspecified atom stereocenters.